The lowest BCUT2D eigenvalue weighted by Crippen LogP contribution is -2.37. The van der Waals surface area contributed by atoms with E-state index in [2.05, 4.69) is 11.1 Å². The van der Waals surface area contributed by atoms with Gasteiger partial charge in [-0.2, -0.15) is 0 Å². The third-order valence-corrected chi connectivity index (χ3v) is 6.33. The number of fused-ring (bicyclic) bond motifs is 1. The fourth-order valence-corrected chi connectivity index (χ4v) is 4.65. The van der Waals surface area contributed by atoms with Gasteiger partial charge in [0.15, 0.2) is 5.13 Å². The van der Waals surface area contributed by atoms with Crippen LogP contribution in [0.25, 0.3) is 10.2 Å². The standard InChI is InChI=1S/C20H19FN2O2S2/c1-26-16-8-9-17-18(11-16)27-20(22-17)23(12-15-3-2-10-25-15)19(24)13-4-6-14(21)7-5-13/h4-9,11,15H,2-3,10,12H2,1H3. The summed E-state index contributed by atoms with van der Waals surface area (Å²) in [7, 11) is 0. The second-order valence-electron chi connectivity index (χ2n) is 6.39. The van der Waals surface area contributed by atoms with E-state index in [0.717, 1.165) is 34.6 Å². The van der Waals surface area contributed by atoms with Crippen molar-refractivity contribution in [2.75, 3.05) is 24.3 Å². The van der Waals surface area contributed by atoms with E-state index in [1.54, 1.807) is 16.7 Å². The van der Waals surface area contributed by atoms with E-state index in [1.807, 2.05) is 18.4 Å². The summed E-state index contributed by atoms with van der Waals surface area (Å²) in [4.78, 5) is 20.7. The molecule has 4 rings (SSSR count). The minimum absolute atomic E-state index is 0.00293. The molecule has 1 saturated heterocycles. The molecule has 0 N–H and O–H groups in total. The summed E-state index contributed by atoms with van der Waals surface area (Å²) in [5.41, 5.74) is 1.32. The molecule has 140 valence electrons. The Bertz CT molecular complexity index is 952. The number of thiazole rings is 1. The van der Waals surface area contributed by atoms with Gasteiger partial charge in [0.25, 0.3) is 5.91 Å². The minimum atomic E-state index is -0.359. The molecule has 4 nitrogen and oxygen atoms in total. The van der Waals surface area contributed by atoms with E-state index in [9.17, 15) is 9.18 Å². The van der Waals surface area contributed by atoms with Crippen LogP contribution in [0.15, 0.2) is 47.4 Å². The molecule has 0 radical (unpaired) electrons. The SMILES string of the molecule is CSc1ccc2nc(N(CC3CCCO3)C(=O)c3ccc(F)cc3)sc2c1. The smallest absolute Gasteiger partial charge is 0.260 e. The molecule has 7 heteroatoms. The summed E-state index contributed by atoms with van der Waals surface area (Å²) in [6.45, 7) is 1.17. The van der Waals surface area contributed by atoms with E-state index < -0.39 is 0 Å². The van der Waals surface area contributed by atoms with Gasteiger partial charge in [0.2, 0.25) is 0 Å². The molecular weight excluding hydrogens is 383 g/mol. The first-order valence-corrected chi connectivity index (χ1v) is 10.8. The highest BCUT2D eigenvalue weighted by Gasteiger charge is 2.27. The molecule has 2 heterocycles. The number of hydrogen-bond acceptors (Lipinski definition) is 5. The van der Waals surface area contributed by atoms with Gasteiger partial charge in [-0.05, 0) is 61.6 Å². The van der Waals surface area contributed by atoms with Crippen molar-refractivity contribution in [2.45, 2.75) is 23.8 Å². The van der Waals surface area contributed by atoms with Crippen molar-refractivity contribution in [3.63, 3.8) is 0 Å². The van der Waals surface area contributed by atoms with Crippen molar-refractivity contribution in [1.82, 2.24) is 4.98 Å². The summed E-state index contributed by atoms with van der Waals surface area (Å²) in [6, 6.07) is 11.7. The van der Waals surface area contributed by atoms with Crippen molar-refractivity contribution in [1.29, 1.82) is 0 Å². The number of anilines is 1. The zero-order valence-electron chi connectivity index (χ0n) is 14.9. The Labute approximate surface area is 165 Å². The maximum absolute atomic E-state index is 13.3. The normalized spacial score (nSPS) is 16.7. The van der Waals surface area contributed by atoms with Gasteiger partial charge in [0, 0.05) is 17.1 Å². The molecule has 1 amide bonds. The molecule has 3 aromatic rings. The average molecular weight is 403 g/mol. The van der Waals surface area contributed by atoms with Gasteiger partial charge < -0.3 is 4.74 Å². The van der Waals surface area contributed by atoms with Crippen molar-refractivity contribution in [3.8, 4) is 0 Å². The van der Waals surface area contributed by atoms with Crippen LogP contribution >= 0.6 is 23.1 Å². The van der Waals surface area contributed by atoms with Crippen molar-refractivity contribution in [2.24, 2.45) is 0 Å². The topological polar surface area (TPSA) is 42.4 Å². The van der Waals surface area contributed by atoms with Crippen LogP contribution in [0.5, 0.6) is 0 Å². The van der Waals surface area contributed by atoms with Crippen LogP contribution in [0.3, 0.4) is 0 Å². The average Bonchev–Trinajstić information content (AvgIpc) is 3.34. The number of carbonyl (C=O) groups is 1. The van der Waals surface area contributed by atoms with Crippen molar-refractivity contribution in [3.05, 3.63) is 53.8 Å². The molecule has 27 heavy (non-hydrogen) atoms. The zero-order valence-corrected chi connectivity index (χ0v) is 16.5. The molecule has 1 aromatic heterocycles. The predicted molar refractivity (Wildman–Crippen MR) is 108 cm³/mol. The lowest BCUT2D eigenvalue weighted by Gasteiger charge is -2.23. The second kappa shape index (κ2) is 7.96. The molecular formula is C20H19FN2O2S2. The quantitative estimate of drug-likeness (QED) is 0.564. The van der Waals surface area contributed by atoms with Gasteiger partial charge in [-0.3, -0.25) is 9.69 Å². The van der Waals surface area contributed by atoms with Gasteiger partial charge >= 0.3 is 0 Å². The molecule has 1 fully saturated rings. The highest BCUT2D eigenvalue weighted by molar-refractivity contribution is 7.98. The highest BCUT2D eigenvalue weighted by atomic mass is 32.2. The minimum Gasteiger partial charge on any atom is -0.376 e. The largest absolute Gasteiger partial charge is 0.376 e. The van der Waals surface area contributed by atoms with Crippen LogP contribution in [0, 0.1) is 5.82 Å². The Hall–Kier alpha value is -1.96. The molecule has 1 atom stereocenters. The second-order valence-corrected chi connectivity index (χ2v) is 8.28. The third-order valence-electron chi connectivity index (χ3n) is 4.56. The number of rotatable bonds is 5. The van der Waals surface area contributed by atoms with E-state index in [1.165, 1.54) is 35.6 Å². The first kappa shape index (κ1) is 18.4. The van der Waals surface area contributed by atoms with Gasteiger partial charge in [-0.25, -0.2) is 9.37 Å². The number of nitrogens with zero attached hydrogens (tertiary/aromatic N) is 2. The van der Waals surface area contributed by atoms with Gasteiger partial charge in [-0.1, -0.05) is 11.3 Å². The summed E-state index contributed by atoms with van der Waals surface area (Å²) in [5.74, 6) is -0.545. The molecule has 1 aliphatic rings. The fourth-order valence-electron chi connectivity index (χ4n) is 3.12. The van der Waals surface area contributed by atoms with Crippen LogP contribution < -0.4 is 4.90 Å². The van der Waals surface area contributed by atoms with Crippen LogP contribution in [0.4, 0.5) is 9.52 Å². The monoisotopic (exact) mass is 402 g/mol. The molecule has 0 saturated carbocycles. The Balaban J connectivity index is 1.70. The van der Waals surface area contributed by atoms with Gasteiger partial charge in [0.1, 0.15) is 5.82 Å². The number of amides is 1. The Morgan fingerprint density at radius 3 is 2.85 bits per heavy atom. The Morgan fingerprint density at radius 2 is 2.15 bits per heavy atom. The fraction of sp³-hybridized carbons (Fsp3) is 0.300. The number of benzene rings is 2. The summed E-state index contributed by atoms with van der Waals surface area (Å²) in [6.07, 6.45) is 3.96. The first-order valence-electron chi connectivity index (χ1n) is 8.77. The van der Waals surface area contributed by atoms with Crippen LogP contribution in [-0.2, 0) is 4.74 Å². The Morgan fingerprint density at radius 1 is 1.33 bits per heavy atom. The van der Waals surface area contributed by atoms with E-state index in [-0.39, 0.29) is 17.8 Å². The van der Waals surface area contributed by atoms with Crippen LogP contribution in [0.2, 0.25) is 0 Å². The van der Waals surface area contributed by atoms with Crippen LogP contribution in [0.1, 0.15) is 23.2 Å². The lowest BCUT2D eigenvalue weighted by atomic mass is 10.1. The number of thioether (sulfide) groups is 1. The zero-order chi connectivity index (χ0) is 18.8. The number of ether oxygens (including phenoxy) is 1. The van der Waals surface area contributed by atoms with Crippen LogP contribution in [-0.4, -0.2) is 36.4 Å². The van der Waals surface area contributed by atoms with Gasteiger partial charge in [-0.15, -0.1) is 11.8 Å². The van der Waals surface area contributed by atoms with E-state index >= 15 is 0 Å². The first-order chi connectivity index (χ1) is 13.1. The summed E-state index contributed by atoms with van der Waals surface area (Å²) >= 11 is 3.17. The summed E-state index contributed by atoms with van der Waals surface area (Å²) in [5, 5.41) is 0.646. The number of aromatic nitrogens is 1. The molecule has 0 bridgehead atoms. The number of hydrogen-bond donors (Lipinski definition) is 0. The van der Waals surface area contributed by atoms with Crippen molar-refractivity contribution >= 4 is 44.4 Å². The Kier molecular flexibility index (Phi) is 5.43. The molecule has 0 spiro atoms. The lowest BCUT2D eigenvalue weighted by molar-refractivity contribution is 0.0917. The molecule has 1 unspecified atom stereocenters. The number of carbonyl (C=O) groups excluding carboxylic acids is 1. The maximum Gasteiger partial charge on any atom is 0.260 e. The van der Waals surface area contributed by atoms with Gasteiger partial charge in [0.05, 0.1) is 22.9 Å². The molecule has 0 aliphatic carbocycles. The van der Waals surface area contributed by atoms with E-state index in [0.29, 0.717) is 17.2 Å². The predicted octanol–water partition coefficient (Wildman–Crippen LogP) is 4.98. The summed E-state index contributed by atoms with van der Waals surface area (Å²) < 4.78 is 20.0. The number of halogens is 1. The highest BCUT2D eigenvalue weighted by Crippen LogP contribution is 2.33. The van der Waals surface area contributed by atoms with Crippen molar-refractivity contribution < 1.29 is 13.9 Å². The molecule has 2 aromatic carbocycles. The third kappa shape index (κ3) is 4.00. The molecule has 1 aliphatic heterocycles. The van der Waals surface area contributed by atoms with E-state index in [4.69, 9.17) is 4.74 Å². The maximum atomic E-state index is 13.3.